The monoisotopic (exact) mass is 371 g/mol. The van der Waals surface area contributed by atoms with Crippen molar-refractivity contribution in [2.75, 3.05) is 52.4 Å². The highest BCUT2D eigenvalue weighted by molar-refractivity contribution is 5.83. The number of aryl methyl sites for hydroxylation is 1. The standard InChI is InChI=1S/C21H29N3O3/c1-2-22-12-18-13-24(19(25)14-23-10-11-27-20(23)26)16-21(18,15-22)9-8-17-6-4-3-5-7-17/h3-7,18H,2,8-16H2,1H3. The van der Waals surface area contributed by atoms with Crippen LogP contribution in [0.15, 0.2) is 30.3 Å². The van der Waals surface area contributed by atoms with E-state index in [1.54, 1.807) is 0 Å². The molecular formula is C21H29N3O3. The summed E-state index contributed by atoms with van der Waals surface area (Å²) in [7, 11) is 0. The minimum atomic E-state index is -0.362. The van der Waals surface area contributed by atoms with Crippen LogP contribution in [0, 0.1) is 11.3 Å². The molecule has 2 atom stereocenters. The molecule has 3 saturated heterocycles. The number of rotatable bonds is 6. The van der Waals surface area contributed by atoms with Crippen LogP contribution in [0.25, 0.3) is 0 Å². The Bertz CT molecular complexity index is 695. The lowest BCUT2D eigenvalue weighted by Crippen LogP contribution is -2.42. The molecule has 0 saturated carbocycles. The molecule has 0 aliphatic carbocycles. The summed E-state index contributed by atoms with van der Waals surface area (Å²) in [5, 5.41) is 0. The Morgan fingerprint density at radius 2 is 2.04 bits per heavy atom. The Kier molecular flexibility index (Phi) is 5.08. The molecule has 27 heavy (non-hydrogen) atoms. The minimum absolute atomic E-state index is 0.0605. The van der Waals surface area contributed by atoms with E-state index < -0.39 is 0 Å². The third-order valence-electron chi connectivity index (χ3n) is 6.56. The van der Waals surface area contributed by atoms with Gasteiger partial charge in [-0.2, -0.15) is 0 Å². The van der Waals surface area contributed by atoms with Crippen LogP contribution >= 0.6 is 0 Å². The number of cyclic esters (lactones) is 1. The summed E-state index contributed by atoms with van der Waals surface area (Å²) >= 11 is 0. The highest BCUT2D eigenvalue weighted by Crippen LogP contribution is 2.45. The van der Waals surface area contributed by atoms with E-state index in [0.29, 0.717) is 19.1 Å². The van der Waals surface area contributed by atoms with Crippen LogP contribution < -0.4 is 0 Å². The summed E-state index contributed by atoms with van der Waals surface area (Å²) in [6.45, 7) is 8.10. The van der Waals surface area contributed by atoms with Crippen LogP contribution in [0.4, 0.5) is 4.79 Å². The van der Waals surface area contributed by atoms with Crippen molar-refractivity contribution in [3.8, 4) is 0 Å². The van der Waals surface area contributed by atoms with Crippen LogP contribution in [-0.2, 0) is 16.0 Å². The molecule has 0 spiro atoms. The zero-order chi connectivity index (χ0) is 18.9. The van der Waals surface area contributed by atoms with E-state index >= 15 is 0 Å². The van der Waals surface area contributed by atoms with Gasteiger partial charge in [0.2, 0.25) is 5.91 Å². The van der Waals surface area contributed by atoms with E-state index in [9.17, 15) is 9.59 Å². The van der Waals surface area contributed by atoms with Crippen molar-refractivity contribution in [3.63, 3.8) is 0 Å². The SMILES string of the molecule is CCN1CC2CN(C(=O)CN3CCOC3=O)CC2(CCc2ccccc2)C1. The van der Waals surface area contributed by atoms with Crippen LogP contribution in [-0.4, -0.2) is 79.1 Å². The molecule has 2 unspecified atom stereocenters. The summed E-state index contributed by atoms with van der Waals surface area (Å²) in [5.41, 5.74) is 1.54. The van der Waals surface area contributed by atoms with Gasteiger partial charge in [-0.05, 0) is 30.9 Å². The molecule has 0 N–H and O–H groups in total. The molecule has 3 fully saturated rings. The van der Waals surface area contributed by atoms with Crippen LogP contribution in [0.3, 0.4) is 0 Å². The minimum Gasteiger partial charge on any atom is -0.448 e. The fourth-order valence-electron chi connectivity index (χ4n) is 4.95. The van der Waals surface area contributed by atoms with Crippen LogP contribution in [0.1, 0.15) is 18.9 Å². The third-order valence-corrected chi connectivity index (χ3v) is 6.56. The topological polar surface area (TPSA) is 53.1 Å². The number of likely N-dealkylation sites (tertiary alicyclic amines) is 2. The van der Waals surface area contributed by atoms with Crippen molar-refractivity contribution in [3.05, 3.63) is 35.9 Å². The first-order valence-corrected chi connectivity index (χ1v) is 10.1. The molecular weight excluding hydrogens is 342 g/mol. The lowest BCUT2D eigenvalue weighted by molar-refractivity contribution is -0.131. The van der Waals surface area contributed by atoms with Gasteiger partial charge in [0, 0.05) is 31.6 Å². The molecule has 3 heterocycles. The summed E-state index contributed by atoms with van der Waals surface area (Å²) in [4.78, 5) is 30.5. The highest BCUT2D eigenvalue weighted by atomic mass is 16.6. The number of hydrogen-bond donors (Lipinski definition) is 0. The average Bonchev–Trinajstić information content (AvgIpc) is 3.33. The second kappa shape index (κ2) is 7.50. The number of carbonyl (C=O) groups is 2. The number of amides is 2. The molecule has 2 amide bonds. The molecule has 1 aromatic carbocycles. The van der Waals surface area contributed by atoms with Crippen LogP contribution in [0.5, 0.6) is 0 Å². The molecule has 0 radical (unpaired) electrons. The van der Waals surface area contributed by atoms with Crippen molar-refractivity contribution < 1.29 is 14.3 Å². The maximum atomic E-state index is 12.8. The number of carbonyl (C=O) groups excluding carboxylic acids is 2. The summed E-state index contributed by atoms with van der Waals surface area (Å²) in [6, 6.07) is 10.6. The molecule has 0 aromatic heterocycles. The van der Waals surface area contributed by atoms with Crippen molar-refractivity contribution in [2.45, 2.75) is 19.8 Å². The number of nitrogens with zero attached hydrogens (tertiary/aromatic N) is 3. The van der Waals surface area contributed by atoms with E-state index in [4.69, 9.17) is 4.74 Å². The van der Waals surface area contributed by atoms with Gasteiger partial charge in [0.05, 0.1) is 6.54 Å². The highest BCUT2D eigenvalue weighted by Gasteiger charge is 2.52. The fraction of sp³-hybridized carbons (Fsp3) is 0.619. The van der Waals surface area contributed by atoms with Gasteiger partial charge in [-0.25, -0.2) is 4.79 Å². The number of hydrogen-bond acceptors (Lipinski definition) is 4. The molecule has 4 rings (SSSR count). The van der Waals surface area contributed by atoms with Crippen molar-refractivity contribution in [1.82, 2.24) is 14.7 Å². The van der Waals surface area contributed by atoms with Gasteiger partial charge in [-0.3, -0.25) is 9.69 Å². The fourth-order valence-corrected chi connectivity index (χ4v) is 4.95. The number of benzene rings is 1. The van der Waals surface area contributed by atoms with Gasteiger partial charge in [-0.15, -0.1) is 0 Å². The molecule has 0 bridgehead atoms. The second-order valence-electron chi connectivity index (χ2n) is 8.18. The summed E-state index contributed by atoms with van der Waals surface area (Å²) < 4.78 is 4.95. The second-order valence-corrected chi connectivity index (χ2v) is 8.18. The van der Waals surface area contributed by atoms with Gasteiger partial charge in [-0.1, -0.05) is 37.3 Å². The Hall–Kier alpha value is -2.08. The lowest BCUT2D eigenvalue weighted by Gasteiger charge is -2.30. The van der Waals surface area contributed by atoms with Gasteiger partial charge in [0.15, 0.2) is 0 Å². The molecule has 3 aliphatic rings. The first-order valence-electron chi connectivity index (χ1n) is 10.1. The first kappa shape index (κ1) is 18.3. The quantitative estimate of drug-likeness (QED) is 0.766. The molecule has 146 valence electrons. The maximum Gasteiger partial charge on any atom is 0.410 e. The largest absolute Gasteiger partial charge is 0.448 e. The van der Waals surface area contributed by atoms with E-state index in [1.807, 2.05) is 4.90 Å². The van der Waals surface area contributed by atoms with Gasteiger partial charge in [0.1, 0.15) is 13.2 Å². The van der Waals surface area contributed by atoms with E-state index in [-0.39, 0.29) is 24.0 Å². The molecule has 6 heteroatoms. The summed E-state index contributed by atoms with van der Waals surface area (Å²) in [6.07, 6.45) is 1.79. The van der Waals surface area contributed by atoms with Crippen molar-refractivity contribution >= 4 is 12.0 Å². The van der Waals surface area contributed by atoms with E-state index in [1.165, 1.54) is 10.5 Å². The molecule has 3 aliphatic heterocycles. The number of fused-ring (bicyclic) bond motifs is 1. The Balaban J connectivity index is 1.43. The maximum absolute atomic E-state index is 12.8. The van der Waals surface area contributed by atoms with Crippen molar-refractivity contribution in [2.24, 2.45) is 11.3 Å². The van der Waals surface area contributed by atoms with Gasteiger partial charge >= 0.3 is 6.09 Å². The average molecular weight is 371 g/mol. The van der Waals surface area contributed by atoms with Gasteiger partial charge in [0.25, 0.3) is 0 Å². The normalized spacial score (nSPS) is 27.9. The van der Waals surface area contributed by atoms with Gasteiger partial charge < -0.3 is 14.5 Å². The number of ether oxygens (including phenoxy) is 1. The summed E-state index contributed by atoms with van der Waals surface area (Å²) in [5.74, 6) is 0.584. The Morgan fingerprint density at radius 1 is 1.22 bits per heavy atom. The van der Waals surface area contributed by atoms with Crippen LogP contribution in [0.2, 0.25) is 0 Å². The van der Waals surface area contributed by atoms with E-state index in [0.717, 1.165) is 45.6 Å². The predicted octanol–water partition coefficient (Wildman–Crippen LogP) is 1.85. The predicted molar refractivity (Wildman–Crippen MR) is 102 cm³/mol. The lowest BCUT2D eigenvalue weighted by atomic mass is 9.76. The van der Waals surface area contributed by atoms with Crippen molar-refractivity contribution in [1.29, 1.82) is 0 Å². The Morgan fingerprint density at radius 3 is 2.74 bits per heavy atom. The van der Waals surface area contributed by atoms with E-state index in [2.05, 4.69) is 42.2 Å². The first-order chi connectivity index (χ1) is 13.1. The zero-order valence-corrected chi connectivity index (χ0v) is 16.1. The Labute approximate surface area is 161 Å². The third kappa shape index (κ3) is 3.68. The zero-order valence-electron chi connectivity index (χ0n) is 16.1. The molecule has 6 nitrogen and oxygen atoms in total. The smallest absolute Gasteiger partial charge is 0.410 e. The molecule has 1 aromatic rings.